The number of hydrogen-bond acceptors (Lipinski definition) is 6. The first-order chi connectivity index (χ1) is 19.2. The van der Waals surface area contributed by atoms with Crippen LogP contribution in [0.5, 0.6) is 0 Å². The molecule has 0 radical (unpaired) electrons. The van der Waals surface area contributed by atoms with E-state index in [1.807, 2.05) is 66.7 Å². The first-order valence-electron chi connectivity index (χ1n) is 13.6. The smallest absolute Gasteiger partial charge is 0.249 e. The van der Waals surface area contributed by atoms with Gasteiger partial charge in [0.25, 0.3) is 0 Å². The minimum atomic E-state index is -0.874. The number of nitrogens with zero attached hydrogens (tertiary/aromatic N) is 6. The Morgan fingerprint density at radius 3 is 2.36 bits per heavy atom. The summed E-state index contributed by atoms with van der Waals surface area (Å²) in [5.41, 5.74) is 2.42. The van der Waals surface area contributed by atoms with Crippen LogP contribution >= 0.6 is 0 Å². The van der Waals surface area contributed by atoms with Gasteiger partial charge in [0.05, 0.1) is 5.69 Å². The summed E-state index contributed by atoms with van der Waals surface area (Å²) in [6.45, 7) is 0.192. The lowest BCUT2D eigenvalue weighted by molar-refractivity contribution is -0.142. The van der Waals surface area contributed by atoms with Crippen molar-refractivity contribution in [3.05, 3.63) is 96.3 Å². The Bertz CT molecular complexity index is 1340. The minimum absolute atomic E-state index is 0.106. The molecule has 1 unspecified atom stereocenters. The van der Waals surface area contributed by atoms with Gasteiger partial charge in [0.2, 0.25) is 17.6 Å². The van der Waals surface area contributed by atoms with E-state index in [0.717, 1.165) is 36.8 Å². The number of amides is 2. The molecule has 9 heteroatoms. The molecule has 5 rings (SSSR count). The summed E-state index contributed by atoms with van der Waals surface area (Å²) in [6.07, 6.45) is 7.52. The molecule has 0 saturated heterocycles. The predicted octanol–water partition coefficient (Wildman–Crippen LogP) is 4.00. The summed E-state index contributed by atoms with van der Waals surface area (Å²) < 4.78 is 0. The molecule has 0 aliphatic heterocycles. The normalized spacial score (nSPS) is 14.5. The number of pyridine rings is 1. The molecule has 200 valence electrons. The molecular formula is C30H33N7O2. The summed E-state index contributed by atoms with van der Waals surface area (Å²) >= 11 is 0. The van der Waals surface area contributed by atoms with Crippen LogP contribution in [0.2, 0.25) is 0 Å². The van der Waals surface area contributed by atoms with E-state index in [4.69, 9.17) is 0 Å². The third kappa shape index (κ3) is 6.93. The minimum Gasteiger partial charge on any atom is -0.351 e. The SMILES string of the molecule is O=C(NC1CCCCC1)C(c1ccccn1)N(CCc1ccccc1)C(=O)Cn1nnc(-c2ccccc2)n1. The van der Waals surface area contributed by atoms with Crippen LogP contribution in [0, 0.1) is 0 Å². The molecule has 2 heterocycles. The number of carbonyl (C=O) groups excluding carboxylic acids is 2. The highest BCUT2D eigenvalue weighted by Crippen LogP contribution is 2.24. The van der Waals surface area contributed by atoms with Crippen molar-refractivity contribution in [3.8, 4) is 11.4 Å². The maximum Gasteiger partial charge on any atom is 0.249 e. The second kappa shape index (κ2) is 12.9. The van der Waals surface area contributed by atoms with Gasteiger partial charge in [-0.2, -0.15) is 4.80 Å². The van der Waals surface area contributed by atoms with E-state index in [9.17, 15) is 9.59 Å². The fourth-order valence-corrected chi connectivity index (χ4v) is 5.02. The molecule has 39 heavy (non-hydrogen) atoms. The third-order valence-corrected chi connectivity index (χ3v) is 7.05. The molecule has 2 amide bonds. The summed E-state index contributed by atoms with van der Waals surface area (Å²) in [4.78, 5) is 35.1. The van der Waals surface area contributed by atoms with Gasteiger partial charge in [0.1, 0.15) is 6.54 Å². The maximum atomic E-state index is 13.9. The molecule has 4 aromatic rings. The lowest BCUT2D eigenvalue weighted by atomic mass is 9.95. The van der Waals surface area contributed by atoms with Crippen molar-refractivity contribution >= 4 is 11.8 Å². The second-order valence-corrected chi connectivity index (χ2v) is 9.83. The van der Waals surface area contributed by atoms with E-state index in [1.165, 1.54) is 11.2 Å². The number of tetrazole rings is 1. The molecule has 2 aromatic heterocycles. The number of aromatic nitrogens is 5. The van der Waals surface area contributed by atoms with E-state index in [-0.39, 0.29) is 24.4 Å². The van der Waals surface area contributed by atoms with E-state index >= 15 is 0 Å². The lowest BCUT2D eigenvalue weighted by Gasteiger charge is -2.32. The van der Waals surface area contributed by atoms with E-state index in [0.29, 0.717) is 24.5 Å². The molecule has 1 aliphatic rings. The van der Waals surface area contributed by atoms with Gasteiger partial charge in [-0.25, -0.2) is 0 Å². The van der Waals surface area contributed by atoms with Crippen LogP contribution in [0.4, 0.5) is 0 Å². The van der Waals surface area contributed by atoms with Gasteiger partial charge < -0.3 is 10.2 Å². The average Bonchev–Trinajstić information content (AvgIpc) is 3.45. The van der Waals surface area contributed by atoms with Crippen LogP contribution in [0.15, 0.2) is 85.1 Å². The van der Waals surface area contributed by atoms with Crippen LogP contribution in [-0.4, -0.2) is 54.5 Å². The van der Waals surface area contributed by atoms with Gasteiger partial charge in [-0.15, -0.1) is 10.2 Å². The fraction of sp³-hybridized carbons (Fsp3) is 0.333. The molecule has 0 spiro atoms. The van der Waals surface area contributed by atoms with Crippen molar-refractivity contribution in [3.63, 3.8) is 0 Å². The largest absolute Gasteiger partial charge is 0.351 e. The predicted molar refractivity (Wildman–Crippen MR) is 147 cm³/mol. The Kier molecular flexibility index (Phi) is 8.68. The third-order valence-electron chi connectivity index (χ3n) is 7.05. The summed E-state index contributed by atoms with van der Waals surface area (Å²) in [6, 6.07) is 24.1. The zero-order valence-corrected chi connectivity index (χ0v) is 21.9. The van der Waals surface area contributed by atoms with Crippen LogP contribution in [0.3, 0.4) is 0 Å². The second-order valence-electron chi connectivity index (χ2n) is 9.83. The van der Waals surface area contributed by atoms with Crippen LogP contribution < -0.4 is 5.32 Å². The number of nitrogens with one attached hydrogen (secondary N) is 1. The maximum absolute atomic E-state index is 13.9. The first-order valence-corrected chi connectivity index (χ1v) is 13.6. The van der Waals surface area contributed by atoms with Crippen LogP contribution in [0.1, 0.15) is 49.4 Å². The number of hydrogen-bond donors (Lipinski definition) is 1. The summed E-state index contributed by atoms with van der Waals surface area (Å²) in [5, 5.41) is 15.9. The molecule has 1 saturated carbocycles. The molecule has 1 fully saturated rings. The summed E-state index contributed by atoms with van der Waals surface area (Å²) in [7, 11) is 0. The molecule has 1 aliphatic carbocycles. The number of benzene rings is 2. The lowest BCUT2D eigenvalue weighted by Crippen LogP contribution is -2.48. The van der Waals surface area contributed by atoms with Crippen LogP contribution in [0.25, 0.3) is 11.4 Å². The average molecular weight is 524 g/mol. The van der Waals surface area contributed by atoms with Gasteiger partial charge in [-0.3, -0.25) is 14.6 Å². The molecule has 1 atom stereocenters. The zero-order valence-electron chi connectivity index (χ0n) is 21.9. The quantitative estimate of drug-likeness (QED) is 0.337. The molecule has 1 N–H and O–H groups in total. The van der Waals surface area contributed by atoms with Crippen molar-refractivity contribution in [2.45, 2.75) is 57.2 Å². The highest BCUT2D eigenvalue weighted by atomic mass is 16.2. The number of rotatable bonds is 10. The number of carbonyl (C=O) groups is 2. The van der Waals surface area contributed by atoms with E-state index in [1.54, 1.807) is 23.2 Å². The van der Waals surface area contributed by atoms with E-state index < -0.39 is 6.04 Å². The molecular weight excluding hydrogens is 490 g/mol. The van der Waals surface area contributed by atoms with Crippen molar-refractivity contribution in [1.82, 2.24) is 35.4 Å². The Morgan fingerprint density at radius 1 is 0.923 bits per heavy atom. The monoisotopic (exact) mass is 523 g/mol. The van der Waals surface area contributed by atoms with Gasteiger partial charge in [0.15, 0.2) is 6.04 Å². The first kappa shape index (κ1) is 26.2. The van der Waals surface area contributed by atoms with Gasteiger partial charge >= 0.3 is 0 Å². The highest BCUT2D eigenvalue weighted by Gasteiger charge is 2.34. The molecule has 0 bridgehead atoms. The highest BCUT2D eigenvalue weighted by molar-refractivity contribution is 5.88. The topological polar surface area (TPSA) is 106 Å². The van der Waals surface area contributed by atoms with Gasteiger partial charge in [0, 0.05) is 24.3 Å². The van der Waals surface area contributed by atoms with Crippen molar-refractivity contribution in [2.75, 3.05) is 6.54 Å². The van der Waals surface area contributed by atoms with Gasteiger partial charge in [-0.05, 0) is 42.2 Å². The van der Waals surface area contributed by atoms with Crippen LogP contribution in [-0.2, 0) is 22.6 Å². The Labute approximate surface area is 228 Å². The Morgan fingerprint density at radius 2 is 1.64 bits per heavy atom. The van der Waals surface area contributed by atoms with Crippen molar-refractivity contribution in [2.24, 2.45) is 0 Å². The van der Waals surface area contributed by atoms with Crippen molar-refractivity contribution in [1.29, 1.82) is 0 Å². The van der Waals surface area contributed by atoms with Crippen molar-refractivity contribution < 1.29 is 9.59 Å². The summed E-state index contributed by atoms with van der Waals surface area (Å²) in [5.74, 6) is -0.0496. The molecule has 2 aromatic carbocycles. The standard InChI is InChI=1S/C30H33N7O2/c38-27(22-37-34-29(33-35-37)24-14-6-2-7-15-24)36(21-19-23-12-4-1-5-13-23)28(26-18-10-11-20-31-26)30(39)32-25-16-8-3-9-17-25/h1-2,4-7,10-15,18,20,25,28H,3,8-9,16-17,19,21-22H2,(H,32,39). The fourth-order valence-electron chi connectivity index (χ4n) is 5.02. The van der Waals surface area contributed by atoms with E-state index in [2.05, 4.69) is 25.7 Å². The molecule has 9 nitrogen and oxygen atoms in total. The van der Waals surface area contributed by atoms with Gasteiger partial charge in [-0.1, -0.05) is 86.0 Å². The Hall–Kier alpha value is -4.40. The zero-order chi connectivity index (χ0) is 26.9. The Balaban J connectivity index is 1.42.